The molecule has 0 N–H and O–H groups in total. The lowest BCUT2D eigenvalue weighted by molar-refractivity contribution is -0.115. The second-order valence-corrected chi connectivity index (χ2v) is 6.72. The fourth-order valence-electron chi connectivity index (χ4n) is 3.90. The minimum absolute atomic E-state index is 0.0101. The first kappa shape index (κ1) is 15.6. The molecular weight excluding hydrogens is 312 g/mol. The predicted octanol–water partition coefficient (Wildman–Crippen LogP) is 3.65. The molecule has 0 saturated carbocycles. The zero-order chi connectivity index (χ0) is 17.7. The molecule has 1 aliphatic heterocycles. The van der Waals surface area contributed by atoms with Crippen molar-refractivity contribution in [2.24, 2.45) is 7.05 Å². The second kappa shape index (κ2) is 5.59. The van der Waals surface area contributed by atoms with Crippen LogP contribution in [0.25, 0.3) is 10.9 Å². The Bertz CT molecular complexity index is 1020. The molecule has 0 spiro atoms. The topological polar surface area (TPSA) is 42.3 Å². The average Bonchev–Trinajstić information content (AvgIpc) is 3.08. The summed E-state index contributed by atoms with van der Waals surface area (Å²) in [5, 5.41) is 0.834. The Morgan fingerprint density at radius 1 is 1.04 bits per heavy atom. The van der Waals surface area contributed by atoms with Crippen molar-refractivity contribution in [3.63, 3.8) is 0 Å². The summed E-state index contributed by atoms with van der Waals surface area (Å²) in [4.78, 5) is 27.9. The number of aryl methyl sites for hydroxylation is 1. The number of ketones is 1. The molecule has 0 aliphatic carbocycles. The van der Waals surface area contributed by atoms with E-state index < -0.39 is 11.7 Å². The number of anilines is 1. The van der Waals surface area contributed by atoms with E-state index >= 15 is 0 Å². The summed E-state index contributed by atoms with van der Waals surface area (Å²) in [6.07, 6.45) is 0.781. The number of carbonyl (C=O) groups is 2. The van der Waals surface area contributed by atoms with Crippen molar-refractivity contribution in [1.29, 1.82) is 0 Å². The van der Waals surface area contributed by atoms with Gasteiger partial charge in [0.05, 0.1) is 5.56 Å². The molecule has 0 radical (unpaired) electrons. The standard InChI is InChI=1S/C21H20N2O2/c1-13-12-15-8-4-6-10-17(15)23(13)21(25)20(24)19-14(2)22(3)18-11-7-5-9-16(18)19/h4-11,13H,12H2,1-3H3/t13-/m0/s1. The number of rotatable bonds is 2. The molecule has 0 fully saturated rings. The van der Waals surface area contributed by atoms with Crippen LogP contribution in [0, 0.1) is 6.92 Å². The third-order valence-electron chi connectivity index (χ3n) is 5.25. The molecule has 1 atom stereocenters. The van der Waals surface area contributed by atoms with Gasteiger partial charge in [0.2, 0.25) is 0 Å². The van der Waals surface area contributed by atoms with Crippen molar-refractivity contribution in [2.45, 2.75) is 26.3 Å². The summed E-state index contributed by atoms with van der Waals surface area (Å²) in [5.41, 5.74) is 4.27. The van der Waals surface area contributed by atoms with Gasteiger partial charge in [-0.15, -0.1) is 0 Å². The van der Waals surface area contributed by atoms with Crippen molar-refractivity contribution < 1.29 is 9.59 Å². The maximum absolute atomic E-state index is 13.1. The summed E-state index contributed by atoms with van der Waals surface area (Å²) in [7, 11) is 1.92. The van der Waals surface area contributed by atoms with Gasteiger partial charge in [-0.3, -0.25) is 9.59 Å². The molecule has 2 aromatic carbocycles. The molecule has 1 amide bonds. The highest BCUT2D eigenvalue weighted by Crippen LogP contribution is 2.33. The van der Waals surface area contributed by atoms with Gasteiger partial charge in [0.1, 0.15) is 0 Å². The molecule has 25 heavy (non-hydrogen) atoms. The van der Waals surface area contributed by atoms with Crippen LogP contribution in [0.3, 0.4) is 0 Å². The zero-order valence-corrected chi connectivity index (χ0v) is 14.6. The first-order valence-electron chi connectivity index (χ1n) is 8.50. The van der Waals surface area contributed by atoms with Crippen molar-refractivity contribution >= 4 is 28.3 Å². The second-order valence-electron chi connectivity index (χ2n) is 6.72. The quantitative estimate of drug-likeness (QED) is 0.531. The highest BCUT2D eigenvalue weighted by atomic mass is 16.2. The van der Waals surface area contributed by atoms with Crippen LogP contribution in [-0.4, -0.2) is 22.3 Å². The smallest absolute Gasteiger partial charge is 0.299 e. The Morgan fingerprint density at radius 2 is 1.72 bits per heavy atom. The maximum Gasteiger partial charge on any atom is 0.299 e. The number of nitrogens with zero attached hydrogens (tertiary/aromatic N) is 2. The van der Waals surface area contributed by atoms with Gasteiger partial charge in [0.25, 0.3) is 11.7 Å². The Morgan fingerprint density at radius 3 is 2.52 bits per heavy atom. The van der Waals surface area contributed by atoms with Gasteiger partial charge in [-0.25, -0.2) is 0 Å². The summed E-state index contributed by atoms with van der Waals surface area (Å²) >= 11 is 0. The molecule has 3 aromatic rings. The zero-order valence-electron chi connectivity index (χ0n) is 14.6. The largest absolute Gasteiger partial charge is 0.347 e. The summed E-state index contributed by atoms with van der Waals surface area (Å²) < 4.78 is 1.97. The Labute approximate surface area is 146 Å². The molecule has 0 bridgehead atoms. The van der Waals surface area contributed by atoms with E-state index in [2.05, 4.69) is 0 Å². The predicted molar refractivity (Wildman–Crippen MR) is 99.1 cm³/mol. The number of amides is 1. The number of benzene rings is 2. The van der Waals surface area contributed by atoms with E-state index in [-0.39, 0.29) is 6.04 Å². The minimum Gasteiger partial charge on any atom is -0.347 e. The summed E-state index contributed by atoms with van der Waals surface area (Å²) in [5.74, 6) is -0.880. The van der Waals surface area contributed by atoms with Crippen molar-refractivity contribution in [3.05, 3.63) is 65.4 Å². The van der Waals surface area contributed by atoms with E-state index in [1.807, 2.05) is 74.0 Å². The third-order valence-corrected chi connectivity index (χ3v) is 5.25. The molecule has 4 nitrogen and oxygen atoms in total. The number of Topliss-reactive ketones (excluding diaryl/α,β-unsaturated/α-hetero) is 1. The van der Waals surface area contributed by atoms with Crippen LogP contribution in [0.4, 0.5) is 5.69 Å². The van der Waals surface area contributed by atoms with Crippen LogP contribution in [0.5, 0.6) is 0 Å². The molecule has 0 saturated heterocycles. The van der Waals surface area contributed by atoms with Gasteiger partial charge >= 0.3 is 0 Å². The Balaban J connectivity index is 1.80. The normalized spacial score (nSPS) is 16.3. The van der Waals surface area contributed by atoms with Crippen LogP contribution in [0.2, 0.25) is 0 Å². The minimum atomic E-state index is -0.447. The molecule has 4 rings (SSSR count). The SMILES string of the molecule is Cc1c(C(=O)C(=O)N2c3ccccc3C[C@@H]2C)c2ccccc2n1C. The van der Waals surface area contributed by atoms with Crippen molar-refractivity contribution in [1.82, 2.24) is 4.57 Å². The number of hydrogen-bond donors (Lipinski definition) is 0. The molecule has 1 aromatic heterocycles. The number of carbonyl (C=O) groups excluding carboxylic acids is 2. The van der Waals surface area contributed by atoms with Crippen LogP contribution in [-0.2, 0) is 18.3 Å². The fourth-order valence-corrected chi connectivity index (χ4v) is 3.90. The van der Waals surface area contributed by atoms with Crippen LogP contribution in [0.15, 0.2) is 48.5 Å². The first-order chi connectivity index (χ1) is 12.0. The van der Waals surface area contributed by atoms with Crippen LogP contribution >= 0.6 is 0 Å². The molecule has 4 heteroatoms. The lowest BCUT2D eigenvalue weighted by Crippen LogP contribution is -2.40. The maximum atomic E-state index is 13.1. The molecule has 1 aliphatic rings. The van der Waals surface area contributed by atoms with Gasteiger partial charge < -0.3 is 9.47 Å². The van der Waals surface area contributed by atoms with E-state index in [4.69, 9.17) is 0 Å². The number of hydrogen-bond acceptors (Lipinski definition) is 2. The van der Waals surface area contributed by atoms with E-state index in [0.29, 0.717) is 5.56 Å². The average molecular weight is 332 g/mol. The van der Waals surface area contributed by atoms with E-state index in [1.54, 1.807) is 4.90 Å². The summed E-state index contributed by atoms with van der Waals surface area (Å²) in [6.45, 7) is 3.88. The monoisotopic (exact) mass is 332 g/mol. The number of fused-ring (bicyclic) bond motifs is 2. The van der Waals surface area contributed by atoms with Crippen LogP contribution in [0.1, 0.15) is 28.5 Å². The van der Waals surface area contributed by atoms with Gasteiger partial charge in [-0.2, -0.15) is 0 Å². The molecule has 126 valence electrons. The van der Waals surface area contributed by atoms with E-state index in [1.165, 1.54) is 0 Å². The highest BCUT2D eigenvalue weighted by Gasteiger charge is 2.36. The Hall–Kier alpha value is -2.88. The lowest BCUT2D eigenvalue weighted by atomic mass is 10.1. The number of para-hydroxylation sites is 2. The Kier molecular flexibility index (Phi) is 3.49. The van der Waals surface area contributed by atoms with E-state index in [9.17, 15) is 9.59 Å². The van der Waals surface area contributed by atoms with Gasteiger partial charge in [-0.05, 0) is 38.0 Å². The summed E-state index contributed by atoms with van der Waals surface area (Å²) in [6, 6.07) is 15.5. The number of aromatic nitrogens is 1. The molecular formula is C21H20N2O2. The fraction of sp³-hybridized carbons (Fsp3) is 0.238. The van der Waals surface area contributed by atoms with Crippen molar-refractivity contribution in [2.75, 3.05) is 4.90 Å². The first-order valence-corrected chi connectivity index (χ1v) is 8.50. The van der Waals surface area contributed by atoms with Gasteiger partial charge in [0.15, 0.2) is 0 Å². The van der Waals surface area contributed by atoms with Crippen molar-refractivity contribution in [3.8, 4) is 0 Å². The van der Waals surface area contributed by atoms with Gasteiger partial charge in [0, 0.05) is 35.4 Å². The lowest BCUT2D eigenvalue weighted by Gasteiger charge is -2.22. The molecule has 2 heterocycles. The molecule has 0 unspecified atom stereocenters. The van der Waals surface area contributed by atoms with Crippen LogP contribution < -0.4 is 4.90 Å². The van der Waals surface area contributed by atoms with Gasteiger partial charge in [-0.1, -0.05) is 36.4 Å². The van der Waals surface area contributed by atoms with E-state index in [0.717, 1.165) is 34.3 Å². The third kappa shape index (κ3) is 2.21. The highest BCUT2D eigenvalue weighted by molar-refractivity contribution is 6.49.